The molecule has 0 amide bonds. The lowest BCUT2D eigenvalue weighted by atomic mass is 10.1. The summed E-state index contributed by atoms with van der Waals surface area (Å²) in [5, 5.41) is 8.91. The summed E-state index contributed by atoms with van der Waals surface area (Å²) in [6.45, 7) is 0.373. The number of esters is 1. The number of hydrogen-bond acceptors (Lipinski definition) is 4. The molecule has 0 spiro atoms. The molecule has 0 saturated heterocycles. The third kappa shape index (κ3) is 5.28. The van der Waals surface area contributed by atoms with Crippen LogP contribution in [0.15, 0.2) is 54.6 Å². The molecule has 1 N–H and O–H groups in total. The topological polar surface area (TPSA) is 72.8 Å². The van der Waals surface area contributed by atoms with Crippen molar-refractivity contribution in [1.29, 1.82) is 0 Å². The van der Waals surface area contributed by atoms with Crippen molar-refractivity contribution in [3.63, 3.8) is 0 Å². The molecule has 0 aliphatic rings. The van der Waals surface area contributed by atoms with Crippen molar-refractivity contribution in [3.8, 4) is 5.75 Å². The van der Waals surface area contributed by atoms with E-state index in [9.17, 15) is 9.59 Å². The zero-order chi connectivity index (χ0) is 17.4. The molecule has 0 radical (unpaired) electrons. The number of aliphatic carboxylic acids is 1. The van der Waals surface area contributed by atoms with Crippen LogP contribution in [0.3, 0.4) is 0 Å². The normalized spacial score (nSPS) is 10.5. The zero-order valence-electron chi connectivity index (χ0n) is 13.3. The fourth-order valence-electron chi connectivity index (χ4n) is 2.11. The molecule has 0 atom stereocenters. The molecule has 24 heavy (non-hydrogen) atoms. The fourth-order valence-corrected chi connectivity index (χ4v) is 2.11. The Labute approximate surface area is 140 Å². The lowest BCUT2D eigenvalue weighted by molar-refractivity contribution is -0.136. The molecule has 5 nitrogen and oxygen atoms in total. The minimum absolute atomic E-state index is 0.0992. The van der Waals surface area contributed by atoms with Gasteiger partial charge >= 0.3 is 11.9 Å². The number of rotatable bonds is 7. The van der Waals surface area contributed by atoms with Gasteiger partial charge in [-0.1, -0.05) is 36.4 Å². The number of carbonyl (C=O) groups excluding carboxylic acids is 1. The average Bonchev–Trinajstić information content (AvgIpc) is 2.59. The molecule has 0 heterocycles. The highest BCUT2D eigenvalue weighted by molar-refractivity contribution is 5.87. The maximum atomic E-state index is 11.3. The highest BCUT2D eigenvalue weighted by Gasteiger charge is 2.07. The summed E-state index contributed by atoms with van der Waals surface area (Å²) >= 11 is 0. The van der Waals surface area contributed by atoms with Gasteiger partial charge in [0.15, 0.2) is 0 Å². The summed E-state index contributed by atoms with van der Waals surface area (Å²) in [5.41, 5.74) is 2.25. The lowest BCUT2D eigenvalue weighted by Gasteiger charge is -2.11. The quantitative estimate of drug-likeness (QED) is 0.625. The van der Waals surface area contributed by atoms with Gasteiger partial charge in [-0.3, -0.25) is 4.79 Å². The van der Waals surface area contributed by atoms with E-state index < -0.39 is 11.9 Å². The number of benzene rings is 2. The first-order valence-corrected chi connectivity index (χ1v) is 7.36. The monoisotopic (exact) mass is 326 g/mol. The van der Waals surface area contributed by atoms with Crippen LogP contribution in [0.4, 0.5) is 0 Å². The van der Waals surface area contributed by atoms with Gasteiger partial charge in [0.2, 0.25) is 0 Å². The first-order valence-electron chi connectivity index (χ1n) is 7.36. The van der Waals surface area contributed by atoms with Gasteiger partial charge in [0.25, 0.3) is 0 Å². The third-order valence-corrected chi connectivity index (χ3v) is 3.27. The van der Waals surface area contributed by atoms with Crippen LogP contribution in [-0.4, -0.2) is 24.2 Å². The number of ether oxygens (including phenoxy) is 2. The smallest absolute Gasteiger partial charge is 0.330 e. The summed E-state index contributed by atoms with van der Waals surface area (Å²) in [7, 11) is 1.29. The molecule has 124 valence electrons. The van der Waals surface area contributed by atoms with Crippen LogP contribution >= 0.6 is 0 Å². The molecular weight excluding hydrogens is 308 g/mol. The summed E-state index contributed by atoms with van der Waals surface area (Å²) in [5.74, 6) is -0.850. The Morgan fingerprint density at radius 3 is 2.50 bits per heavy atom. The van der Waals surface area contributed by atoms with Crippen molar-refractivity contribution in [2.45, 2.75) is 13.0 Å². The van der Waals surface area contributed by atoms with Crippen molar-refractivity contribution in [2.75, 3.05) is 7.11 Å². The molecule has 0 fully saturated rings. The number of methoxy groups -OCH3 is 1. The Balaban J connectivity index is 2.22. The Hall–Kier alpha value is -3.08. The van der Waals surface area contributed by atoms with Gasteiger partial charge < -0.3 is 14.6 Å². The Morgan fingerprint density at radius 1 is 1.08 bits per heavy atom. The minimum atomic E-state index is -0.921. The number of hydrogen-bond donors (Lipinski definition) is 1. The second-order valence-electron chi connectivity index (χ2n) is 5.07. The van der Waals surface area contributed by atoms with Crippen LogP contribution in [0, 0.1) is 0 Å². The molecule has 0 bridgehead atoms. The maximum absolute atomic E-state index is 11.3. The van der Waals surface area contributed by atoms with E-state index in [-0.39, 0.29) is 6.42 Å². The van der Waals surface area contributed by atoms with Gasteiger partial charge in [0, 0.05) is 11.6 Å². The van der Waals surface area contributed by atoms with Crippen LogP contribution < -0.4 is 4.74 Å². The van der Waals surface area contributed by atoms with Gasteiger partial charge in [-0.05, 0) is 29.3 Å². The molecule has 0 aliphatic carbocycles. The second kappa shape index (κ2) is 8.53. The molecule has 0 unspecified atom stereocenters. The zero-order valence-corrected chi connectivity index (χ0v) is 13.3. The van der Waals surface area contributed by atoms with E-state index in [1.807, 2.05) is 30.3 Å². The number of carbonyl (C=O) groups is 2. The lowest BCUT2D eigenvalue weighted by Crippen LogP contribution is -2.02. The van der Waals surface area contributed by atoms with Gasteiger partial charge in [-0.15, -0.1) is 0 Å². The summed E-state index contributed by atoms with van der Waals surface area (Å²) in [4.78, 5) is 22.2. The Bertz CT molecular complexity index is 735. The molecule has 0 aliphatic heterocycles. The summed E-state index contributed by atoms with van der Waals surface area (Å²) < 4.78 is 10.4. The molecule has 0 saturated carbocycles. The minimum Gasteiger partial charge on any atom is -0.488 e. The molecule has 2 aromatic rings. The van der Waals surface area contributed by atoms with Crippen LogP contribution in [0.2, 0.25) is 0 Å². The van der Waals surface area contributed by atoms with Crippen LogP contribution in [-0.2, 0) is 27.4 Å². The van der Waals surface area contributed by atoms with E-state index in [0.29, 0.717) is 23.5 Å². The highest BCUT2D eigenvalue weighted by Crippen LogP contribution is 2.23. The van der Waals surface area contributed by atoms with E-state index in [1.54, 1.807) is 24.3 Å². The van der Waals surface area contributed by atoms with Gasteiger partial charge in [-0.25, -0.2) is 4.79 Å². The van der Waals surface area contributed by atoms with Crippen LogP contribution in [0.1, 0.15) is 16.7 Å². The predicted octanol–water partition coefficient (Wildman–Crippen LogP) is 3.08. The van der Waals surface area contributed by atoms with Crippen molar-refractivity contribution in [1.82, 2.24) is 0 Å². The van der Waals surface area contributed by atoms with E-state index >= 15 is 0 Å². The van der Waals surface area contributed by atoms with Gasteiger partial charge in [0.05, 0.1) is 13.5 Å². The molecule has 2 rings (SSSR count). The Morgan fingerprint density at radius 2 is 1.83 bits per heavy atom. The van der Waals surface area contributed by atoms with E-state index in [2.05, 4.69) is 4.74 Å². The third-order valence-electron chi connectivity index (χ3n) is 3.27. The molecule has 0 aromatic heterocycles. The molecule has 2 aromatic carbocycles. The second-order valence-corrected chi connectivity index (χ2v) is 5.07. The molecule has 5 heteroatoms. The van der Waals surface area contributed by atoms with E-state index in [1.165, 1.54) is 13.2 Å². The Kier molecular flexibility index (Phi) is 6.14. The standard InChI is InChI=1S/C19H18O5/c1-23-19(22)10-8-16-11-15(12-18(20)21)7-9-17(16)24-13-14-5-3-2-4-6-14/h2-11H,12-13H2,1H3,(H,20,21)/b10-8-. The van der Waals surface area contributed by atoms with Crippen molar-refractivity contribution >= 4 is 18.0 Å². The van der Waals surface area contributed by atoms with Crippen molar-refractivity contribution < 1.29 is 24.2 Å². The van der Waals surface area contributed by atoms with Crippen molar-refractivity contribution in [2.24, 2.45) is 0 Å². The van der Waals surface area contributed by atoms with Gasteiger partial charge in [0.1, 0.15) is 12.4 Å². The first kappa shape index (κ1) is 17.3. The number of carboxylic acid groups (broad SMARTS) is 1. The number of carboxylic acids is 1. The van der Waals surface area contributed by atoms with Crippen LogP contribution in [0.5, 0.6) is 5.75 Å². The van der Waals surface area contributed by atoms with Crippen molar-refractivity contribution in [3.05, 3.63) is 71.3 Å². The fraction of sp³-hybridized carbons (Fsp3) is 0.158. The molecular formula is C19H18O5. The summed E-state index contributed by atoms with van der Waals surface area (Å²) in [6, 6.07) is 14.8. The SMILES string of the molecule is COC(=O)/C=C\c1cc(CC(=O)O)ccc1OCc1ccccc1. The van der Waals surface area contributed by atoms with Gasteiger partial charge in [-0.2, -0.15) is 0 Å². The van der Waals surface area contributed by atoms with E-state index in [0.717, 1.165) is 5.56 Å². The highest BCUT2D eigenvalue weighted by atomic mass is 16.5. The van der Waals surface area contributed by atoms with E-state index in [4.69, 9.17) is 9.84 Å². The maximum Gasteiger partial charge on any atom is 0.330 e. The predicted molar refractivity (Wildman–Crippen MR) is 89.6 cm³/mol. The summed E-state index contributed by atoms with van der Waals surface area (Å²) in [6.07, 6.45) is 2.73. The largest absolute Gasteiger partial charge is 0.488 e. The average molecular weight is 326 g/mol. The first-order chi connectivity index (χ1) is 11.6. The van der Waals surface area contributed by atoms with Crippen LogP contribution in [0.25, 0.3) is 6.08 Å².